The topological polar surface area (TPSA) is 68.3 Å². The van der Waals surface area contributed by atoms with Gasteiger partial charge in [0.2, 0.25) is 0 Å². The number of hydrogen-bond acceptors (Lipinski definition) is 4. The van der Waals surface area contributed by atoms with Gasteiger partial charge in [-0.1, -0.05) is 23.2 Å². The summed E-state index contributed by atoms with van der Waals surface area (Å²) in [6, 6.07) is 6.82. The Morgan fingerprint density at radius 3 is 2.58 bits per heavy atom. The third-order valence-electron chi connectivity index (χ3n) is 3.49. The number of phenolic OH excluding ortho intramolecular Hbond substituents is 1. The fourth-order valence-electron chi connectivity index (χ4n) is 2.22. The van der Waals surface area contributed by atoms with Gasteiger partial charge in [-0.15, -0.1) is 5.10 Å². The standard InChI is InChI=1S/C16H9Cl2F3N2O3/c17-10-2-4-13(24)8(5-10)7-23-15(25)26-14(22-23)11-6-9(16(19,20)21)1-3-12(11)18/h1-6,24H,7H2. The van der Waals surface area contributed by atoms with Crippen LogP contribution in [0.1, 0.15) is 11.1 Å². The Balaban J connectivity index is 2.01. The number of aromatic hydroxyl groups is 1. The number of benzene rings is 2. The second kappa shape index (κ2) is 6.69. The van der Waals surface area contributed by atoms with Gasteiger partial charge >= 0.3 is 11.9 Å². The zero-order valence-electron chi connectivity index (χ0n) is 12.7. The van der Waals surface area contributed by atoms with Gasteiger partial charge in [0, 0.05) is 10.6 Å². The molecular weight excluding hydrogens is 396 g/mol. The van der Waals surface area contributed by atoms with E-state index in [-0.39, 0.29) is 34.3 Å². The molecule has 5 nitrogen and oxygen atoms in total. The Labute approximate surface area is 154 Å². The number of hydrogen-bond donors (Lipinski definition) is 1. The third kappa shape index (κ3) is 3.71. The second-order valence-electron chi connectivity index (χ2n) is 5.30. The Morgan fingerprint density at radius 1 is 1.15 bits per heavy atom. The van der Waals surface area contributed by atoms with Gasteiger partial charge in [0.05, 0.1) is 22.7 Å². The predicted octanol–water partition coefficient (Wildman–Crippen LogP) is 4.58. The van der Waals surface area contributed by atoms with Crippen LogP contribution in [-0.2, 0) is 12.7 Å². The maximum Gasteiger partial charge on any atom is 0.437 e. The summed E-state index contributed by atoms with van der Waals surface area (Å²) in [6.45, 7) is -0.189. The molecule has 0 radical (unpaired) electrons. The molecule has 1 N–H and O–H groups in total. The van der Waals surface area contributed by atoms with E-state index in [1.165, 1.54) is 18.2 Å². The van der Waals surface area contributed by atoms with Crippen molar-refractivity contribution in [3.05, 3.63) is 68.1 Å². The summed E-state index contributed by atoms with van der Waals surface area (Å²) in [5.74, 6) is -1.41. The van der Waals surface area contributed by atoms with Crippen LogP contribution >= 0.6 is 23.2 Å². The smallest absolute Gasteiger partial charge is 0.437 e. The summed E-state index contributed by atoms with van der Waals surface area (Å²) >= 11 is 11.8. The molecule has 0 aliphatic carbocycles. The summed E-state index contributed by atoms with van der Waals surface area (Å²) in [7, 11) is 0. The van der Waals surface area contributed by atoms with E-state index >= 15 is 0 Å². The maximum absolute atomic E-state index is 12.9. The van der Waals surface area contributed by atoms with Gasteiger partial charge in [0.1, 0.15) is 5.75 Å². The highest BCUT2D eigenvalue weighted by atomic mass is 35.5. The fourth-order valence-corrected chi connectivity index (χ4v) is 2.62. The van der Waals surface area contributed by atoms with Gasteiger partial charge < -0.3 is 9.52 Å². The van der Waals surface area contributed by atoms with Crippen LogP contribution in [0.25, 0.3) is 11.5 Å². The first kappa shape index (κ1) is 18.3. The molecule has 0 aliphatic heterocycles. The molecule has 26 heavy (non-hydrogen) atoms. The van der Waals surface area contributed by atoms with Gasteiger partial charge in [-0.25, -0.2) is 4.79 Å². The second-order valence-corrected chi connectivity index (χ2v) is 6.14. The van der Waals surface area contributed by atoms with Gasteiger partial charge in [-0.2, -0.15) is 17.9 Å². The van der Waals surface area contributed by atoms with Crippen LogP contribution in [-0.4, -0.2) is 14.9 Å². The predicted molar refractivity (Wildman–Crippen MR) is 88.4 cm³/mol. The molecule has 0 amide bonds. The molecule has 10 heteroatoms. The molecule has 3 aromatic rings. The first-order valence-electron chi connectivity index (χ1n) is 7.07. The van der Waals surface area contributed by atoms with Crippen molar-refractivity contribution in [1.29, 1.82) is 0 Å². The Hall–Kier alpha value is -2.45. The number of phenols is 1. The monoisotopic (exact) mass is 404 g/mol. The van der Waals surface area contributed by atoms with Crippen LogP contribution in [0, 0.1) is 0 Å². The molecule has 1 aromatic heterocycles. The molecule has 0 atom stereocenters. The molecule has 136 valence electrons. The molecule has 2 aromatic carbocycles. The van der Waals surface area contributed by atoms with Crippen LogP contribution in [0.4, 0.5) is 13.2 Å². The highest BCUT2D eigenvalue weighted by Crippen LogP contribution is 2.35. The average molecular weight is 405 g/mol. The van der Waals surface area contributed by atoms with Crippen LogP contribution in [0.15, 0.2) is 45.6 Å². The van der Waals surface area contributed by atoms with E-state index in [1.807, 2.05) is 0 Å². The molecule has 0 spiro atoms. The van der Waals surface area contributed by atoms with Crippen molar-refractivity contribution in [3.8, 4) is 17.2 Å². The van der Waals surface area contributed by atoms with Crippen molar-refractivity contribution in [2.75, 3.05) is 0 Å². The van der Waals surface area contributed by atoms with E-state index < -0.39 is 17.5 Å². The zero-order valence-corrected chi connectivity index (χ0v) is 14.2. The number of alkyl halides is 3. The van der Waals surface area contributed by atoms with Gasteiger partial charge in [0.15, 0.2) is 0 Å². The molecule has 0 bridgehead atoms. The molecule has 0 aliphatic rings. The first-order valence-corrected chi connectivity index (χ1v) is 7.83. The normalized spacial score (nSPS) is 11.7. The largest absolute Gasteiger partial charge is 0.508 e. The van der Waals surface area contributed by atoms with Crippen molar-refractivity contribution in [2.45, 2.75) is 12.7 Å². The van der Waals surface area contributed by atoms with Crippen molar-refractivity contribution in [2.24, 2.45) is 0 Å². The Morgan fingerprint density at radius 2 is 1.88 bits per heavy atom. The third-order valence-corrected chi connectivity index (χ3v) is 4.06. The summed E-state index contributed by atoms with van der Waals surface area (Å²) in [6.07, 6.45) is -4.59. The lowest BCUT2D eigenvalue weighted by molar-refractivity contribution is -0.137. The van der Waals surface area contributed by atoms with Crippen molar-refractivity contribution in [1.82, 2.24) is 9.78 Å². The molecule has 1 heterocycles. The summed E-state index contributed by atoms with van der Waals surface area (Å²) < 4.78 is 44.4. The Bertz CT molecular complexity index is 1030. The van der Waals surface area contributed by atoms with E-state index in [4.69, 9.17) is 27.6 Å². The Kier molecular flexibility index (Phi) is 4.72. The summed E-state index contributed by atoms with van der Waals surface area (Å²) in [4.78, 5) is 12.0. The quantitative estimate of drug-likeness (QED) is 0.693. The van der Waals surface area contributed by atoms with E-state index in [1.54, 1.807) is 0 Å². The van der Waals surface area contributed by atoms with E-state index in [0.717, 1.165) is 22.9 Å². The number of rotatable bonds is 3. The highest BCUT2D eigenvalue weighted by molar-refractivity contribution is 6.33. The fraction of sp³-hybridized carbons (Fsp3) is 0.125. The van der Waals surface area contributed by atoms with Crippen LogP contribution in [0.3, 0.4) is 0 Å². The van der Waals surface area contributed by atoms with Gasteiger partial charge in [0.25, 0.3) is 5.89 Å². The van der Waals surface area contributed by atoms with E-state index in [0.29, 0.717) is 5.02 Å². The minimum absolute atomic E-state index is 0.0583. The number of halogens is 5. The van der Waals surface area contributed by atoms with Crippen molar-refractivity contribution in [3.63, 3.8) is 0 Å². The molecule has 0 fully saturated rings. The lowest BCUT2D eigenvalue weighted by Gasteiger charge is -2.08. The molecule has 3 rings (SSSR count). The first-order chi connectivity index (χ1) is 12.1. The highest BCUT2D eigenvalue weighted by Gasteiger charge is 2.31. The van der Waals surface area contributed by atoms with Crippen molar-refractivity contribution < 1.29 is 22.7 Å². The zero-order chi connectivity index (χ0) is 19.1. The van der Waals surface area contributed by atoms with Crippen LogP contribution < -0.4 is 5.76 Å². The van der Waals surface area contributed by atoms with Gasteiger partial charge in [-0.3, -0.25) is 0 Å². The SMILES string of the molecule is O=c1oc(-c2cc(C(F)(F)F)ccc2Cl)nn1Cc1cc(Cl)ccc1O. The molecule has 0 saturated carbocycles. The lowest BCUT2D eigenvalue weighted by atomic mass is 10.1. The minimum atomic E-state index is -4.59. The lowest BCUT2D eigenvalue weighted by Crippen LogP contribution is -2.16. The number of nitrogens with zero attached hydrogens (tertiary/aromatic N) is 2. The number of aromatic nitrogens is 2. The van der Waals surface area contributed by atoms with E-state index in [9.17, 15) is 23.1 Å². The van der Waals surface area contributed by atoms with Crippen LogP contribution in [0.2, 0.25) is 10.0 Å². The maximum atomic E-state index is 12.9. The summed E-state index contributed by atoms with van der Waals surface area (Å²) in [5.41, 5.74) is -0.844. The van der Waals surface area contributed by atoms with Crippen LogP contribution in [0.5, 0.6) is 5.75 Å². The molecule has 0 saturated heterocycles. The minimum Gasteiger partial charge on any atom is -0.508 e. The van der Waals surface area contributed by atoms with Crippen molar-refractivity contribution >= 4 is 23.2 Å². The molecular formula is C16H9Cl2F3N2O3. The molecule has 0 unspecified atom stereocenters. The van der Waals surface area contributed by atoms with E-state index in [2.05, 4.69) is 5.10 Å². The summed E-state index contributed by atoms with van der Waals surface area (Å²) in [5, 5.41) is 13.9. The van der Waals surface area contributed by atoms with Gasteiger partial charge in [-0.05, 0) is 36.4 Å². The average Bonchev–Trinajstić information content (AvgIpc) is 2.91.